The van der Waals surface area contributed by atoms with E-state index < -0.39 is 32.5 Å². The Hall–Kier alpha value is -1.73. The lowest BCUT2D eigenvalue weighted by molar-refractivity contribution is -0.161. The van der Waals surface area contributed by atoms with Crippen LogP contribution in [0.1, 0.15) is 206 Å². The molecule has 0 amide bonds. The zero-order valence-corrected chi connectivity index (χ0v) is 34.4. The average Bonchev–Trinajstić information content (AvgIpc) is 3.11. The van der Waals surface area contributed by atoms with Crippen LogP contribution in [0.4, 0.5) is 0 Å². The van der Waals surface area contributed by atoms with Gasteiger partial charge in [-0.25, -0.2) is 4.57 Å². The molecule has 0 aromatic carbocycles. The van der Waals surface area contributed by atoms with Gasteiger partial charge in [-0.2, -0.15) is 0 Å². The van der Waals surface area contributed by atoms with Gasteiger partial charge in [0.25, 0.3) is 0 Å². The summed E-state index contributed by atoms with van der Waals surface area (Å²) in [6.07, 6.45) is 45.7. The second-order valence-electron chi connectivity index (χ2n) is 14.3. The number of ether oxygens (including phenoxy) is 2. The van der Waals surface area contributed by atoms with Crippen molar-refractivity contribution in [1.29, 1.82) is 0 Å². The van der Waals surface area contributed by atoms with Gasteiger partial charge in [0.2, 0.25) is 0 Å². The average molecular weight is 755 g/mol. The van der Waals surface area contributed by atoms with Crippen molar-refractivity contribution in [2.75, 3.05) is 13.2 Å². The fourth-order valence-corrected chi connectivity index (χ4v) is 6.29. The third-order valence-electron chi connectivity index (χ3n) is 9.13. The Labute approximate surface area is 319 Å². The molecule has 0 radical (unpaired) electrons. The highest BCUT2D eigenvalue weighted by molar-refractivity contribution is 7.46. The molecule has 0 aliphatic heterocycles. The van der Waals surface area contributed by atoms with E-state index in [1.54, 1.807) is 0 Å². The van der Waals surface area contributed by atoms with E-state index in [0.717, 1.165) is 64.2 Å². The van der Waals surface area contributed by atoms with Crippen molar-refractivity contribution in [1.82, 2.24) is 0 Å². The Bertz CT molecular complexity index is 941. The van der Waals surface area contributed by atoms with Crippen LogP contribution in [0.25, 0.3) is 0 Å². The Kier molecular flexibility index (Phi) is 37.7. The molecule has 0 saturated carbocycles. The minimum atomic E-state index is -4.76. The number of allylic oxidation sites excluding steroid dienone is 6. The summed E-state index contributed by atoms with van der Waals surface area (Å²) in [5, 5.41) is 0. The Balaban J connectivity index is 3.92. The molecule has 1 unspecified atom stereocenters. The van der Waals surface area contributed by atoms with E-state index in [1.807, 2.05) is 0 Å². The maximum absolute atomic E-state index is 12.4. The number of phosphoric ester groups is 1. The maximum Gasteiger partial charge on any atom is 0.469 e. The number of unbranched alkanes of at least 4 members (excludes halogenated alkanes) is 23. The van der Waals surface area contributed by atoms with E-state index >= 15 is 0 Å². The van der Waals surface area contributed by atoms with Crippen LogP contribution in [0.3, 0.4) is 0 Å². The Morgan fingerprint density at radius 3 is 1.33 bits per heavy atom. The van der Waals surface area contributed by atoms with Crippen LogP contribution < -0.4 is 0 Å². The minimum Gasteiger partial charge on any atom is -0.462 e. The zero-order valence-electron chi connectivity index (χ0n) is 33.5. The van der Waals surface area contributed by atoms with Crippen molar-refractivity contribution in [3.63, 3.8) is 0 Å². The molecule has 0 rings (SSSR count). The van der Waals surface area contributed by atoms with Crippen molar-refractivity contribution >= 4 is 19.8 Å². The molecule has 0 spiro atoms. The lowest BCUT2D eigenvalue weighted by Gasteiger charge is -2.18. The number of hydrogen-bond acceptors (Lipinski definition) is 6. The van der Waals surface area contributed by atoms with Crippen LogP contribution >= 0.6 is 7.82 Å². The first-order chi connectivity index (χ1) is 25.3. The quantitative estimate of drug-likeness (QED) is 0.0275. The molecule has 0 saturated heterocycles. The second-order valence-corrected chi connectivity index (χ2v) is 15.5. The van der Waals surface area contributed by atoms with Gasteiger partial charge in [0.05, 0.1) is 6.61 Å². The number of phosphoric acid groups is 1. The first kappa shape index (κ1) is 50.3. The molecule has 0 aromatic rings. The van der Waals surface area contributed by atoms with E-state index in [2.05, 4.69) is 54.8 Å². The van der Waals surface area contributed by atoms with Crippen LogP contribution in [0.5, 0.6) is 0 Å². The number of carbonyl (C=O) groups is 2. The third-order valence-corrected chi connectivity index (χ3v) is 9.62. The predicted molar refractivity (Wildman–Crippen MR) is 216 cm³/mol. The molecule has 0 aliphatic carbocycles. The van der Waals surface area contributed by atoms with Gasteiger partial charge in [-0.1, -0.05) is 159 Å². The highest BCUT2D eigenvalue weighted by atomic mass is 31.2. The van der Waals surface area contributed by atoms with Gasteiger partial charge >= 0.3 is 19.8 Å². The molecule has 0 bridgehead atoms. The van der Waals surface area contributed by atoms with Gasteiger partial charge in [-0.05, 0) is 70.6 Å². The van der Waals surface area contributed by atoms with Crippen molar-refractivity contribution in [3.8, 4) is 0 Å². The monoisotopic (exact) mass is 755 g/mol. The fraction of sp³-hybridized carbons (Fsp3) is 0.814. The maximum atomic E-state index is 12.4. The van der Waals surface area contributed by atoms with Gasteiger partial charge in [0, 0.05) is 12.8 Å². The highest BCUT2D eigenvalue weighted by Gasteiger charge is 2.22. The van der Waals surface area contributed by atoms with Gasteiger partial charge in [-0.3, -0.25) is 14.1 Å². The summed E-state index contributed by atoms with van der Waals surface area (Å²) >= 11 is 0. The van der Waals surface area contributed by atoms with Crippen LogP contribution in [-0.2, 0) is 28.2 Å². The second kappa shape index (κ2) is 39.0. The molecular weight excluding hydrogens is 675 g/mol. The van der Waals surface area contributed by atoms with Crippen molar-refractivity contribution in [2.45, 2.75) is 213 Å². The molecule has 1 atom stereocenters. The van der Waals surface area contributed by atoms with E-state index in [9.17, 15) is 14.2 Å². The lowest BCUT2D eigenvalue weighted by atomic mass is 10.1. The molecule has 0 fully saturated rings. The fourth-order valence-electron chi connectivity index (χ4n) is 5.93. The zero-order chi connectivity index (χ0) is 38.2. The number of carbonyl (C=O) groups excluding carboxylic acids is 2. The minimum absolute atomic E-state index is 0.206. The molecular formula is C43H79O8P. The predicted octanol–water partition coefficient (Wildman–Crippen LogP) is 13.0. The first-order valence-corrected chi connectivity index (χ1v) is 22.8. The van der Waals surface area contributed by atoms with Gasteiger partial charge in [-0.15, -0.1) is 0 Å². The molecule has 0 aliphatic rings. The van der Waals surface area contributed by atoms with Gasteiger partial charge in [0.1, 0.15) is 6.61 Å². The summed E-state index contributed by atoms with van der Waals surface area (Å²) < 4.78 is 26.4. The topological polar surface area (TPSA) is 119 Å². The Morgan fingerprint density at radius 2 is 0.865 bits per heavy atom. The summed E-state index contributed by atoms with van der Waals surface area (Å²) in [4.78, 5) is 42.8. The number of rotatable bonds is 39. The molecule has 0 heterocycles. The highest BCUT2D eigenvalue weighted by Crippen LogP contribution is 2.36. The van der Waals surface area contributed by atoms with Crippen molar-refractivity contribution in [2.24, 2.45) is 0 Å². The molecule has 52 heavy (non-hydrogen) atoms. The molecule has 9 heteroatoms. The lowest BCUT2D eigenvalue weighted by Crippen LogP contribution is -2.29. The van der Waals surface area contributed by atoms with E-state index in [1.165, 1.54) is 103 Å². The van der Waals surface area contributed by atoms with Crippen LogP contribution in [0.15, 0.2) is 36.5 Å². The number of esters is 2. The largest absolute Gasteiger partial charge is 0.469 e. The van der Waals surface area contributed by atoms with Crippen molar-refractivity contribution < 1.29 is 37.9 Å². The summed E-state index contributed by atoms with van der Waals surface area (Å²) in [6, 6.07) is 0. The van der Waals surface area contributed by atoms with Crippen LogP contribution in [-0.4, -0.2) is 41.0 Å². The molecule has 0 aromatic heterocycles. The molecule has 304 valence electrons. The normalized spacial score (nSPS) is 12.8. The summed E-state index contributed by atoms with van der Waals surface area (Å²) in [6.45, 7) is 3.65. The van der Waals surface area contributed by atoms with Gasteiger partial charge in [0.15, 0.2) is 6.10 Å². The Morgan fingerprint density at radius 1 is 0.500 bits per heavy atom. The standard InChI is InChI=1S/C43H79O8P/c1-3-5-7-9-11-13-15-17-19-20-21-22-24-26-28-30-32-34-36-38-43(45)51-41(40-50-52(46,47)48)39-49-42(44)37-35-33-31-29-27-25-23-18-16-14-12-10-8-6-4-2/h11,13,17-19,23,41H,3-10,12,14-16,20-22,24-40H2,1-2H3,(H2,46,47,48)/b13-11-,19-17-,23-18-. The van der Waals surface area contributed by atoms with E-state index in [-0.39, 0.29) is 19.4 Å². The van der Waals surface area contributed by atoms with E-state index in [4.69, 9.17) is 19.3 Å². The summed E-state index contributed by atoms with van der Waals surface area (Å²) in [7, 11) is -4.76. The molecule has 2 N–H and O–H groups in total. The van der Waals surface area contributed by atoms with Crippen LogP contribution in [0.2, 0.25) is 0 Å². The van der Waals surface area contributed by atoms with Gasteiger partial charge < -0.3 is 19.3 Å². The third kappa shape index (κ3) is 41.0. The summed E-state index contributed by atoms with van der Waals surface area (Å²) in [5.74, 6) is -0.896. The SMILES string of the molecule is CCCCC/C=C\C/C=C\CCCCCCCCCCCC(=O)OC(COC(=O)CCCCCCC/C=C\CCCCCCCC)COP(=O)(O)O. The molecule has 8 nitrogen and oxygen atoms in total. The van der Waals surface area contributed by atoms with E-state index in [0.29, 0.717) is 12.8 Å². The van der Waals surface area contributed by atoms with Crippen LogP contribution in [0, 0.1) is 0 Å². The van der Waals surface area contributed by atoms with Crippen molar-refractivity contribution in [3.05, 3.63) is 36.5 Å². The smallest absolute Gasteiger partial charge is 0.462 e. The first-order valence-electron chi connectivity index (χ1n) is 21.3. The summed E-state index contributed by atoms with van der Waals surface area (Å²) in [5.41, 5.74) is 0. The number of hydrogen-bond donors (Lipinski definition) is 2.